The summed E-state index contributed by atoms with van der Waals surface area (Å²) in [5.74, 6) is 0.0253. The van der Waals surface area contributed by atoms with Crippen LogP contribution in [0.15, 0.2) is 30.5 Å². The fourth-order valence-electron chi connectivity index (χ4n) is 1.80. The summed E-state index contributed by atoms with van der Waals surface area (Å²) in [6, 6.07) is 1.89. The van der Waals surface area contributed by atoms with E-state index < -0.39 is 5.41 Å². The minimum Gasteiger partial charge on any atom is -0.272 e. The van der Waals surface area contributed by atoms with Gasteiger partial charge in [-0.15, -0.1) is 0 Å². The van der Waals surface area contributed by atoms with Crippen molar-refractivity contribution in [2.45, 2.75) is 33.6 Å². The molecule has 1 aromatic rings. The monoisotopic (exact) mass is 230 g/mol. The summed E-state index contributed by atoms with van der Waals surface area (Å²) < 4.78 is 1.52. The lowest BCUT2D eigenvalue weighted by molar-refractivity contribution is 0.0748. The van der Waals surface area contributed by atoms with Crippen LogP contribution in [0.3, 0.4) is 0 Å². The largest absolute Gasteiger partial charge is 0.272 e. The highest BCUT2D eigenvalue weighted by atomic mass is 16.2. The second-order valence-electron chi connectivity index (χ2n) is 5.32. The van der Waals surface area contributed by atoms with Crippen molar-refractivity contribution in [2.24, 2.45) is 5.41 Å². The normalized spacial score (nSPS) is 15.8. The van der Waals surface area contributed by atoms with Gasteiger partial charge in [0, 0.05) is 5.41 Å². The van der Waals surface area contributed by atoms with Gasteiger partial charge in [-0.1, -0.05) is 39.0 Å². The molecule has 0 spiro atoms. The third-order valence-corrected chi connectivity index (χ3v) is 2.77. The first kappa shape index (κ1) is 11.8. The van der Waals surface area contributed by atoms with E-state index in [2.05, 4.69) is 23.3 Å². The van der Waals surface area contributed by atoms with Gasteiger partial charge >= 0.3 is 0 Å². The highest BCUT2D eigenvalue weighted by Crippen LogP contribution is 2.24. The Balaban J connectivity index is 2.38. The first-order valence-corrected chi connectivity index (χ1v) is 5.96. The van der Waals surface area contributed by atoms with Gasteiger partial charge in [0.25, 0.3) is 5.91 Å². The molecule has 1 aliphatic carbocycles. The minimum absolute atomic E-state index is 0.0253. The molecule has 0 saturated heterocycles. The molecule has 0 bridgehead atoms. The van der Waals surface area contributed by atoms with E-state index in [4.69, 9.17) is 0 Å². The maximum absolute atomic E-state index is 12.2. The van der Waals surface area contributed by atoms with Crippen molar-refractivity contribution in [3.63, 3.8) is 0 Å². The highest BCUT2D eigenvalue weighted by Gasteiger charge is 2.26. The van der Waals surface area contributed by atoms with Crippen LogP contribution in [0.2, 0.25) is 0 Å². The summed E-state index contributed by atoms with van der Waals surface area (Å²) in [6.45, 7) is 5.73. The van der Waals surface area contributed by atoms with E-state index in [0.717, 1.165) is 24.1 Å². The van der Waals surface area contributed by atoms with Gasteiger partial charge in [-0.2, -0.15) is 9.78 Å². The van der Waals surface area contributed by atoms with E-state index in [1.54, 1.807) is 6.20 Å². The molecule has 0 radical (unpaired) electrons. The topological polar surface area (TPSA) is 34.9 Å². The Morgan fingerprint density at radius 3 is 2.71 bits per heavy atom. The summed E-state index contributed by atoms with van der Waals surface area (Å²) in [6.07, 6.45) is 10.1. The number of hydrogen-bond acceptors (Lipinski definition) is 2. The second kappa shape index (κ2) is 4.32. The van der Waals surface area contributed by atoms with Crippen molar-refractivity contribution in [1.82, 2.24) is 9.78 Å². The second-order valence-corrected chi connectivity index (χ2v) is 5.32. The maximum Gasteiger partial charge on any atom is 0.252 e. The number of allylic oxidation sites excluding steroid dienone is 4. The van der Waals surface area contributed by atoms with Crippen molar-refractivity contribution in [1.29, 1.82) is 0 Å². The van der Waals surface area contributed by atoms with E-state index in [-0.39, 0.29) is 5.91 Å². The summed E-state index contributed by atoms with van der Waals surface area (Å²) in [5, 5.41) is 4.15. The molecular formula is C14H18N2O. The van der Waals surface area contributed by atoms with Gasteiger partial charge in [-0.05, 0) is 24.5 Å². The van der Waals surface area contributed by atoms with Gasteiger partial charge in [-0.25, -0.2) is 0 Å². The molecule has 0 fully saturated rings. The lowest BCUT2D eigenvalue weighted by Gasteiger charge is -2.18. The van der Waals surface area contributed by atoms with Gasteiger partial charge in [0.1, 0.15) is 0 Å². The lowest BCUT2D eigenvalue weighted by atomic mass is 9.95. The maximum atomic E-state index is 12.2. The number of hydrogen-bond donors (Lipinski definition) is 0. The van der Waals surface area contributed by atoms with E-state index in [9.17, 15) is 4.79 Å². The predicted molar refractivity (Wildman–Crippen MR) is 68.7 cm³/mol. The molecule has 1 aromatic heterocycles. The minimum atomic E-state index is -0.417. The number of nitrogens with zero attached hydrogens (tertiary/aromatic N) is 2. The van der Waals surface area contributed by atoms with Crippen LogP contribution in [-0.2, 0) is 0 Å². The molecule has 2 rings (SSSR count). The van der Waals surface area contributed by atoms with Crippen LogP contribution >= 0.6 is 0 Å². The van der Waals surface area contributed by atoms with Gasteiger partial charge in [0.05, 0.1) is 11.9 Å². The number of carbonyl (C=O) groups excluding carboxylic acids is 1. The van der Waals surface area contributed by atoms with Crippen LogP contribution in [0, 0.1) is 5.41 Å². The van der Waals surface area contributed by atoms with Gasteiger partial charge < -0.3 is 0 Å². The van der Waals surface area contributed by atoms with Crippen LogP contribution in [0.1, 0.15) is 44.1 Å². The molecule has 0 N–H and O–H groups in total. The predicted octanol–water partition coefficient (Wildman–Crippen LogP) is 3.30. The SMILES string of the molecule is CC(C)(C)C(=O)n1nccc1C1=CCCC=C1. The molecular weight excluding hydrogens is 212 g/mol. The zero-order chi connectivity index (χ0) is 12.5. The van der Waals surface area contributed by atoms with Crippen molar-refractivity contribution in [3.05, 3.63) is 36.2 Å². The summed E-state index contributed by atoms with van der Waals surface area (Å²) in [7, 11) is 0. The fourth-order valence-corrected chi connectivity index (χ4v) is 1.80. The molecule has 0 atom stereocenters. The molecule has 0 saturated carbocycles. The molecule has 90 valence electrons. The number of carbonyl (C=O) groups is 1. The molecule has 1 aliphatic rings. The first-order chi connectivity index (χ1) is 8.00. The van der Waals surface area contributed by atoms with Crippen molar-refractivity contribution in [2.75, 3.05) is 0 Å². The average molecular weight is 230 g/mol. The third-order valence-electron chi connectivity index (χ3n) is 2.77. The lowest BCUT2D eigenvalue weighted by Crippen LogP contribution is -2.28. The van der Waals surface area contributed by atoms with Gasteiger partial charge in [0.15, 0.2) is 0 Å². The summed E-state index contributed by atoms with van der Waals surface area (Å²) in [5.41, 5.74) is 1.56. The molecule has 3 nitrogen and oxygen atoms in total. The number of rotatable bonds is 1. The zero-order valence-corrected chi connectivity index (χ0v) is 10.6. The van der Waals surface area contributed by atoms with Crippen LogP contribution < -0.4 is 0 Å². The standard InChI is InChI=1S/C14H18N2O/c1-14(2,3)13(17)16-12(9-10-15-16)11-7-5-4-6-8-11/h5,7-10H,4,6H2,1-3H3. The molecule has 0 unspecified atom stereocenters. The summed E-state index contributed by atoms with van der Waals surface area (Å²) in [4.78, 5) is 12.2. The van der Waals surface area contributed by atoms with E-state index in [0.29, 0.717) is 0 Å². The quantitative estimate of drug-likeness (QED) is 0.742. The highest BCUT2D eigenvalue weighted by molar-refractivity contribution is 5.87. The molecule has 0 aliphatic heterocycles. The van der Waals surface area contributed by atoms with E-state index in [1.807, 2.05) is 26.8 Å². The first-order valence-electron chi connectivity index (χ1n) is 5.96. The smallest absolute Gasteiger partial charge is 0.252 e. The molecule has 1 heterocycles. The van der Waals surface area contributed by atoms with Crippen LogP contribution in [0.4, 0.5) is 0 Å². The third kappa shape index (κ3) is 2.38. The Kier molecular flexibility index (Phi) is 3.01. The van der Waals surface area contributed by atoms with Gasteiger partial charge in [0.2, 0.25) is 0 Å². The Bertz CT molecular complexity index is 487. The molecule has 17 heavy (non-hydrogen) atoms. The van der Waals surface area contributed by atoms with Crippen LogP contribution in [0.25, 0.3) is 5.57 Å². The molecule has 3 heteroatoms. The Morgan fingerprint density at radius 1 is 1.35 bits per heavy atom. The van der Waals surface area contributed by atoms with E-state index >= 15 is 0 Å². The van der Waals surface area contributed by atoms with Crippen LogP contribution in [-0.4, -0.2) is 15.7 Å². The molecule has 0 aromatic carbocycles. The number of aromatic nitrogens is 2. The average Bonchev–Trinajstić information content (AvgIpc) is 2.76. The molecule has 0 amide bonds. The zero-order valence-electron chi connectivity index (χ0n) is 10.6. The van der Waals surface area contributed by atoms with Crippen molar-refractivity contribution < 1.29 is 4.79 Å². The summed E-state index contributed by atoms with van der Waals surface area (Å²) >= 11 is 0. The van der Waals surface area contributed by atoms with E-state index in [1.165, 1.54) is 4.68 Å². The Hall–Kier alpha value is -1.64. The van der Waals surface area contributed by atoms with Crippen LogP contribution in [0.5, 0.6) is 0 Å². The van der Waals surface area contributed by atoms with Gasteiger partial charge in [-0.3, -0.25) is 4.79 Å². The Labute approximate surface area is 102 Å². The van der Waals surface area contributed by atoms with Crippen molar-refractivity contribution in [3.8, 4) is 0 Å². The van der Waals surface area contributed by atoms with Crippen molar-refractivity contribution >= 4 is 11.5 Å². The fraction of sp³-hybridized carbons (Fsp3) is 0.429. The Morgan fingerprint density at radius 2 is 2.12 bits per heavy atom.